The predicted octanol–water partition coefficient (Wildman–Crippen LogP) is 3.08. The number of benzene rings is 1. The van der Waals surface area contributed by atoms with Gasteiger partial charge in [-0.2, -0.15) is 4.98 Å². The maximum atomic E-state index is 14.0. The molecule has 0 atom stereocenters. The first kappa shape index (κ1) is 14.5. The molecule has 0 amide bonds. The van der Waals surface area contributed by atoms with Gasteiger partial charge in [-0.25, -0.2) is 13.9 Å². The van der Waals surface area contributed by atoms with E-state index in [0.717, 1.165) is 12.8 Å². The molecule has 7 heteroatoms. The lowest BCUT2D eigenvalue weighted by molar-refractivity contribution is 0.236. The fraction of sp³-hybridized carbons (Fsp3) is 0.312. The number of aromatic nitrogens is 4. The third-order valence-electron chi connectivity index (χ3n) is 3.99. The first-order valence-electron chi connectivity index (χ1n) is 7.54. The van der Waals surface area contributed by atoms with E-state index in [1.54, 1.807) is 22.8 Å². The summed E-state index contributed by atoms with van der Waals surface area (Å²) in [5, 5.41) is 4.88. The quantitative estimate of drug-likeness (QED) is 0.721. The van der Waals surface area contributed by atoms with Gasteiger partial charge >= 0.3 is 0 Å². The Hall–Kier alpha value is -2.05. The van der Waals surface area contributed by atoms with E-state index >= 15 is 0 Å². The summed E-state index contributed by atoms with van der Waals surface area (Å²) in [5.74, 6) is 0.984. The molecule has 4 rings (SSSR count). The molecule has 5 nitrogen and oxygen atoms in total. The van der Waals surface area contributed by atoms with Gasteiger partial charge in [-0.3, -0.25) is 4.90 Å². The highest BCUT2D eigenvalue weighted by atomic mass is 35.5. The van der Waals surface area contributed by atoms with Gasteiger partial charge in [0.15, 0.2) is 5.82 Å². The third kappa shape index (κ3) is 3.04. The van der Waals surface area contributed by atoms with E-state index in [9.17, 15) is 4.39 Å². The van der Waals surface area contributed by atoms with E-state index in [2.05, 4.69) is 20.0 Å². The highest BCUT2D eigenvalue weighted by Gasteiger charge is 2.31. The Balaban J connectivity index is 1.58. The van der Waals surface area contributed by atoms with Gasteiger partial charge in [0, 0.05) is 35.6 Å². The molecule has 118 valence electrons. The van der Waals surface area contributed by atoms with Crippen molar-refractivity contribution in [1.82, 2.24) is 24.5 Å². The summed E-state index contributed by atoms with van der Waals surface area (Å²) in [4.78, 5) is 10.8. The van der Waals surface area contributed by atoms with E-state index in [0.29, 0.717) is 41.3 Å². The van der Waals surface area contributed by atoms with Crippen LogP contribution in [0.15, 0.2) is 36.7 Å². The Morgan fingerprint density at radius 2 is 2.13 bits per heavy atom. The molecule has 0 bridgehead atoms. The van der Waals surface area contributed by atoms with Crippen LogP contribution in [0.3, 0.4) is 0 Å². The second kappa shape index (κ2) is 5.86. The summed E-state index contributed by atoms with van der Waals surface area (Å²) < 4.78 is 15.7. The minimum absolute atomic E-state index is 0.271. The Morgan fingerprint density at radius 1 is 1.26 bits per heavy atom. The fourth-order valence-electron chi connectivity index (χ4n) is 2.66. The van der Waals surface area contributed by atoms with Gasteiger partial charge in [0.2, 0.25) is 0 Å². The minimum Gasteiger partial charge on any atom is -0.288 e. The zero-order valence-electron chi connectivity index (χ0n) is 12.4. The van der Waals surface area contributed by atoms with Crippen molar-refractivity contribution in [3.05, 3.63) is 58.9 Å². The zero-order valence-corrected chi connectivity index (χ0v) is 13.1. The van der Waals surface area contributed by atoms with Gasteiger partial charge in [0.05, 0.1) is 6.54 Å². The van der Waals surface area contributed by atoms with Crippen LogP contribution in [0, 0.1) is 5.82 Å². The van der Waals surface area contributed by atoms with Crippen molar-refractivity contribution in [2.24, 2.45) is 0 Å². The van der Waals surface area contributed by atoms with Crippen molar-refractivity contribution in [3.8, 4) is 0 Å². The van der Waals surface area contributed by atoms with Gasteiger partial charge in [0.1, 0.15) is 5.82 Å². The average Bonchev–Trinajstić information content (AvgIpc) is 3.30. The maximum absolute atomic E-state index is 14.0. The second-order valence-corrected chi connectivity index (χ2v) is 6.14. The molecule has 0 radical (unpaired) electrons. The summed E-state index contributed by atoms with van der Waals surface area (Å²) in [6.45, 7) is 1.01. The van der Waals surface area contributed by atoms with Crippen LogP contribution < -0.4 is 0 Å². The van der Waals surface area contributed by atoms with Crippen molar-refractivity contribution in [2.75, 3.05) is 0 Å². The van der Waals surface area contributed by atoms with Crippen LogP contribution >= 0.6 is 11.6 Å². The summed E-state index contributed by atoms with van der Waals surface area (Å²) in [6.07, 6.45) is 5.72. The lowest BCUT2D eigenvalue weighted by atomic mass is 10.2. The van der Waals surface area contributed by atoms with Crippen molar-refractivity contribution in [3.63, 3.8) is 0 Å². The van der Waals surface area contributed by atoms with Crippen molar-refractivity contribution in [1.29, 1.82) is 0 Å². The smallest absolute Gasteiger partial charge is 0.252 e. The van der Waals surface area contributed by atoms with E-state index < -0.39 is 0 Å². The molecule has 3 aromatic rings. The first-order chi connectivity index (χ1) is 11.2. The first-order valence-corrected chi connectivity index (χ1v) is 7.92. The van der Waals surface area contributed by atoms with Gasteiger partial charge in [0.25, 0.3) is 5.78 Å². The molecule has 1 aliphatic rings. The fourth-order valence-corrected chi connectivity index (χ4v) is 2.89. The molecule has 1 saturated carbocycles. The standard InChI is InChI=1S/C16H15ClFN5/c17-13-3-1-4-14(18)12(13)9-22(11-5-6-11)10-15-20-16-19-7-2-8-23(16)21-15/h1-4,7-8,11H,5-6,9-10H2. The lowest BCUT2D eigenvalue weighted by Gasteiger charge is -2.21. The molecule has 1 fully saturated rings. The van der Waals surface area contributed by atoms with Crippen molar-refractivity contribution < 1.29 is 4.39 Å². The van der Waals surface area contributed by atoms with Gasteiger partial charge in [-0.05, 0) is 31.0 Å². The van der Waals surface area contributed by atoms with Crippen LogP contribution in [0.5, 0.6) is 0 Å². The number of hydrogen-bond donors (Lipinski definition) is 0. The van der Waals surface area contributed by atoms with Crippen LogP contribution in [-0.4, -0.2) is 30.5 Å². The Morgan fingerprint density at radius 3 is 2.87 bits per heavy atom. The molecule has 1 aliphatic carbocycles. The van der Waals surface area contributed by atoms with Crippen LogP contribution in [0.4, 0.5) is 4.39 Å². The maximum Gasteiger partial charge on any atom is 0.252 e. The summed E-state index contributed by atoms with van der Waals surface area (Å²) in [7, 11) is 0. The normalized spacial score (nSPS) is 14.7. The van der Waals surface area contributed by atoms with Crippen LogP contribution in [0.2, 0.25) is 5.02 Å². The van der Waals surface area contributed by atoms with E-state index in [-0.39, 0.29) is 5.82 Å². The van der Waals surface area contributed by atoms with Gasteiger partial charge < -0.3 is 0 Å². The summed E-state index contributed by atoms with van der Waals surface area (Å²) in [6, 6.07) is 7.03. The highest BCUT2D eigenvalue weighted by Crippen LogP contribution is 2.31. The van der Waals surface area contributed by atoms with E-state index in [1.165, 1.54) is 6.07 Å². The third-order valence-corrected chi connectivity index (χ3v) is 4.35. The molecule has 2 heterocycles. The van der Waals surface area contributed by atoms with Gasteiger partial charge in [-0.15, -0.1) is 5.10 Å². The molecule has 0 spiro atoms. The predicted molar refractivity (Wildman–Crippen MR) is 84.5 cm³/mol. The molecule has 0 aliphatic heterocycles. The van der Waals surface area contributed by atoms with Gasteiger partial charge in [-0.1, -0.05) is 17.7 Å². The van der Waals surface area contributed by atoms with Crippen LogP contribution in [0.25, 0.3) is 5.78 Å². The molecule has 1 aromatic carbocycles. The molecule has 23 heavy (non-hydrogen) atoms. The topological polar surface area (TPSA) is 46.3 Å². The monoisotopic (exact) mass is 331 g/mol. The number of halogens is 2. The molecule has 0 saturated heterocycles. The highest BCUT2D eigenvalue weighted by molar-refractivity contribution is 6.31. The Bertz CT molecular complexity index is 792. The number of nitrogens with zero attached hydrogens (tertiary/aromatic N) is 5. The molecular weight excluding hydrogens is 317 g/mol. The van der Waals surface area contributed by atoms with Crippen LogP contribution in [-0.2, 0) is 13.1 Å². The zero-order chi connectivity index (χ0) is 15.8. The molecular formula is C16H15ClFN5. The molecule has 0 N–H and O–H groups in total. The summed E-state index contributed by atoms with van der Waals surface area (Å²) >= 11 is 6.15. The minimum atomic E-state index is -0.271. The largest absolute Gasteiger partial charge is 0.288 e. The van der Waals surface area contributed by atoms with E-state index in [1.807, 2.05) is 12.3 Å². The molecule has 0 unspecified atom stereocenters. The molecule has 2 aromatic heterocycles. The number of rotatable bonds is 5. The second-order valence-electron chi connectivity index (χ2n) is 5.73. The lowest BCUT2D eigenvalue weighted by Crippen LogP contribution is -2.26. The summed E-state index contributed by atoms with van der Waals surface area (Å²) in [5.41, 5.74) is 0.531. The van der Waals surface area contributed by atoms with Crippen molar-refractivity contribution >= 4 is 17.4 Å². The van der Waals surface area contributed by atoms with Crippen LogP contribution in [0.1, 0.15) is 24.2 Å². The van der Waals surface area contributed by atoms with E-state index in [4.69, 9.17) is 11.6 Å². The number of fused-ring (bicyclic) bond motifs is 1. The Kier molecular flexibility index (Phi) is 3.71. The average molecular weight is 332 g/mol. The van der Waals surface area contributed by atoms with Crippen molar-refractivity contribution in [2.45, 2.75) is 32.0 Å². The Labute approximate surface area is 137 Å². The number of hydrogen-bond acceptors (Lipinski definition) is 4. The SMILES string of the molecule is Fc1cccc(Cl)c1CN(Cc1nc2ncccn2n1)C1CC1.